The van der Waals surface area contributed by atoms with Crippen LogP contribution in [-0.4, -0.2) is 19.9 Å². The van der Waals surface area contributed by atoms with Gasteiger partial charge in [-0.15, -0.1) is 0 Å². The molecule has 90 valence electrons. The first-order valence-corrected chi connectivity index (χ1v) is 5.74. The van der Waals surface area contributed by atoms with Gasteiger partial charge in [0.05, 0.1) is 29.6 Å². The largest absolute Gasteiger partial charge is 0.345 e. The van der Waals surface area contributed by atoms with Crippen LogP contribution in [0.1, 0.15) is 11.5 Å². The van der Waals surface area contributed by atoms with Crippen molar-refractivity contribution in [2.45, 2.75) is 13.5 Å². The molecule has 3 N–H and O–H groups in total. The van der Waals surface area contributed by atoms with Crippen molar-refractivity contribution in [2.24, 2.45) is 5.73 Å². The number of nitrogens with zero attached hydrogens (tertiary/aromatic N) is 3. The number of aromatic amines is 1. The van der Waals surface area contributed by atoms with Crippen LogP contribution in [0.15, 0.2) is 30.6 Å². The van der Waals surface area contributed by atoms with E-state index in [4.69, 9.17) is 5.73 Å². The third-order valence-electron chi connectivity index (χ3n) is 2.80. The molecule has 0 unspecified atom stereocenters. The van der Waals surface area contributed by atoms with Crippen molar-refractivity contribution in [1.82, 2.24) is 19.9 Å². The molecule has 0 fully saturated rings. The molecule has 0 radical (unpaired) electrons. The average molecular weight is 239 g/mol. The maximum atomic E-state index is 5.60. The number of aromatic nitrogens is 4. The molecule has 0 aliphatic carbocycles. The number of imidazole rings is 1. The molecule has 0 aliphatic heterocycles. The maximum Gasteiger partial charge on any atom is 0.142 e. The fourth-order valence-corrected chi connectivity index (χ4v) is 1.96. The number of hydrogen-bond donors (Lipinski definition) is 2. The lowest BCUT2D eigenvalue weighted by Crippen LogP contribution is -2.05. The van der Waals surface area contributed by atoms with Crippen LogP contribution >= 0.6 is 0 Å². The van der Waals surface area contributed by atoms with Gasteiger partial charge >= 0.3 is 0 Å². The molecule has 18 heavy (non-hydrogen) atoms. The summed E-state index contributed by atoms with van der Waals surface area (Å²) in [5, 5.41) is 0. The molecule has 0 bridgehead atoms. The highest BCUT2D eigenvalue weighted by Gasteiger charge is 2.05. The number of fused-ring (bicyclic) bond motifs is 1. The van der Waals surface area contributed by atoms with Crippen molar-refractivity contribution in [3.63, 3.8) is 0 Å². The van der Waals surface area contributed by atoms with Crippen molar-refractivity contribution in [2.75, 3.05) is 0 Å². The van der Waals surface area contributed by atoms with Crippen LogP contribution in [0.25, 0.3) is 22.3 Å². The SMILES string of the molecule is Cc1cc(-c2ccc3nc[nH]c3c2)nc(CN)n1. The fraction of sp³-hybridized carbons (Fsp3) is 0.154. The molecule has 1 aromatic carbocycles. The summed E-state index contributed by atoms with van der Waals surface area (Å²) in [7, 11) is 0. The molecule has 3 rings (SSSR count). The molecule has 0 atom stereocenters. The van der Waals surface area contributed by atoms with Crippen molar-refractivity contribution >= 4 is 11.0 Å². The molecule has 0 saturated heterocycles. The molecule has 0 amide bonds. The number of aryl methyl sites for hydroxylation is 1. The zero-order valence-electron chi connectivity index (χ0n) is 10.0. The number of nitrogens with two attached hydrogens (primary N) is 1. The molecule has 5 nitrogen and oxygen atoms in total. The monoisotopic (exact) mass is 239 g/mol. The molecule has 2 aromatic heterocycles. The van der Waals surface area contributed by atoms with E-state index >= 15 is 0 Å². The van der Waals surface area contributed by atoms with E-state index < -0.39 is 0 Å². The number of rotatable bonds is 2. The van der Waals surface area contributed by atoms with Crippen LogP contribution in [0, 0.1) is 6.92 Å². The Labute approximate surface area is 104 Å². The van der Waals surface area contributed by atoms with Crippen LogP contribution < -0.4 is 5.73 Å². The van der Waals surface area contributed by atoms with Gasteiger partial charge in [-0.05, 0) is 25.1 Å². The van der Waals surface area contributed by atoms with Gasteiger partial charge in [-0.3, -0.25) is 0 Å². The van der Waals surface area contributed by atoms with E-state index in [9.17, 15) is 0 Å². The van der Waals surface area contributed by atoms with Crippen molar-refractivity contribution in [3.05, 3.63) is 42.1 Å². The fourth-order valence-electron chi connectivity index (χ4n) is 1.96. The maximum absolute atomic E-state index is 5.60. The summed E-state index contributed by atoms with van der Waals surface area (Å²) in [4.78, 5) is 16.0. The third-order valence-corrected chi connectivity index (χ3v) is 2.80. The van der Waals surface area contributed by atoms with Crippen LogP contribution in [0.3, 0.4) is 0 Å². The number of H-pyrrole nitrogens is 1. The van der Waals surface area contributed by atoms with E-state index in [0.29, 0.717) is 12.4 Å². The Bertz CT molecular complexity index is 701. The highest BCUT2D eigenvalue weighted by atomic mass is 14.9. The minimum Gasteiger partial charge on any atom is -0.345 e. The van der Waals surface area contributed by atoms with Gasteiger partial charge in [-0.25, -0.2) is 15.0 Å². The first kappa shape index (κ1) is 10.9. The molecule has 0 aliphatic rings. The Hall–Kier alpha value is -2.27. The molecular formula is C13H13N5. The van der Waals surface area contributed by atoms with Crippen LogP contribution in [0.5, 0.6) is 0 Å². The molecular weight excluding hydrogens is 226 g/mol. The summed E-state index contributed by atoms with van der Waals surface area (Å²) in [6, 6.07) is 7.97. The Morgan fingerprint density at radius 3 is 2.94 bits per heavy atom. The second-order valence-corrected chi connectivity index (χ2v) is 4.15. The highest BCUT2D eigenvalue weighted by molar-refractivity contribution is 5.80. The lowest BCUT2D eigenvalue weighted by Gasteiger charge is -2.04. The summed E-state index contributed by atoms with van der Waals surface area (Å²) < 4.78 is 0. The molecule has 5 heteroatoms. The van der Waals surface area contributed by atoms with Crippen LogP contribution in [0.4, 0.5) is 0 Å². The van der Waals surface area contributed by atoms with Gasteiger partial charge in [0.2, 0.25) is 0 Å². The van der Waals surface area contributed by atoms with E-state index in [1.54, 1.807) is 6.33 Å². The Kier molecular flexibility index (Phi) is 2.53. The summed E-state index contributed by atoms with van der Waals surface area (Å²) in [5.74, 6) is 0.662. The van der Waals surface area contributed by atoms with E-state index in [0.717, 1.165) is 28.0 Å². The summed E-state index contributed by atoms with van der Waals surface area (Å²) in [6.07, 6.45) is 1.69. The highest BCUT2D eigenvalue weighted by Crippen LogP contribution is 2.21. The standard InChI is InChI=1S/C13H13N5/c1-8-4-11(18-13(6-14)17-8)9-2-3-10-12(5-9)16-7-15-10/h2-5,7H,6,14H2,1H3,(H,15,16). The average Bonchev–Trinajstić information content (AvgIpc) is 2.85. The number of hydrogen-bond acceptors (Lipinski definition) is 4. The minimum absolute atomic E-state index is 0.348. The van der Waals surface area contributed by atoms with E-state index in [1.165, 1.54) is 0 Å². The van der Waals surface area contributed by atoms with Gasteiger partial charge in [0.1, 0.15) is 5.82 Å². The number of benzene rings is 1. The van der Waals surface area contributed by atoms with Crippen molar-refractivity contribution in [1.29, 1.82) is 0 Å². The normalized spacial score (nSPS) is 11.0. The predicted molar refractivity (Wildman–Crippen MR) is 69.7 cm³/mol. The third kappa shape index (κ3) is 1.84. The number of nitrogens with one attached hydrogen (secondary N) is 1. The van der Waals surface area contributed by atoms with Crippen LogP contribution in [0.2, 0.25) is 0 Å². The van der Waals surface area contributed by atoms with E-state index in [2.05, 4.69) is 19.9 Å². The van der Waals surface area contributed by atoms with Crippen molar-refractivity contribution in [3.8, 4) is 11.3 Å². The van der Waals surface area contributed by atoms with E-state index in [1.807, 2.05) is 31.2 Å². The molecule has 0 spiro atoms. The predicted octanol–water partition coefficient (Wildman–Crippen LogP) is 1.79. The zero-order chi connectivity index (χ0) is 12.5. The first-order chi connectivity index (χ1) is 8.76. The van der Waals surface area contributed by atoms with Gasteiger partial charge in [-0.1, -0.05) is 6.07 Å². The molecule has 0 saturated carbocycles. The second-order valence-electron chi connectivity index (χ2n) is 4.15. The second kappa shape index (κ2) is 4.19. The first-order valence-electron chi connectivity index (χ1n) is 5.74. The molecule has 3 aromatic rings. The summed E-state index contributed by atoms with van der Waals surface area (Å²) >= 11 is 0. The topological polar surface area (TPSA) is 80.5 Å². The summed E-state index contributed by atoms with van der Waals surface area (Å²) in [5.41, 5.74) is 10.4. The minimum atomic E-state index is 0.348. The van der Waals surface area contributed by atoms with Gasteiger partial charge in [-0.2, -0.15) is 0 Å². The Morgan fingerprint density at radius 2 is 2.11 bits per heavy atom. The van der Waals surface area contributed by atoms with Gasteiger partial charge in [0, 0.05) is 11.3 Å². The van der Waals surface area contributed by atoms with Crippen molar-refractivity contribution < 1.29 is 0 Å². The zero-order valence-corrected chi connectivity index (χ0v) is 10.0. The van der Waals surface area contributed by atoms with Gasteiger partial charge < -0.3 is 10.7 Å². The Morgan fingerprint density at radius 1 is 1.22 bits per heavy atom. The molecule has 2 heterocycles. The smallest absolute Gasteiger partial charge is 0.142 e. The lowest BCUT2D eigenvalue weighted by molar-refractivity contribution is 0.894. The van der Waals surface area contributed by atoms with Gasteiger partial charge in [0.15, 0.2) is 0 Å². The lowest BCUT2D eigenvalue weighted by atomic mass is 10.1. The van der Waals surface area contributed by atoms with Crippen LogP contribution in [-0.2, 0) is 6.54 Å². The van der Waals surface area contributed by atoms with E-state index in [-0.39, 0.29) is 0 Å². The Balaban J connectivity index is 2.15. The summed E-state index contributed by atoms with van der Waals surface area (Å²) in [6.45, 7) is 2.29. The van der Waals surface area contributed by atoms with Gasteiger partial charge in [0.25, 0.3) is 0 Å². The quantitative estimate of drug-likeness (QED) is 0.714.